The first-order valence-electron chi connectivity index (χ1n) is 10.3. The molecule has 3 fully saturated rings. The second kappa shape index (κ2) is 8.00. The summed E-state index contributed by atoms with van der Waals surface area (Å²) < 4.78 is 4.86. The van der Waals surface area contributed by atoms with Crippen LogP contribution in [0.15, 0.2) is 16.9 Å². The van der Waals surface area contributed by atoms with Crippen LogP contribution in [0.4, 0.5) is 0 Å². The van der Waals surface area contributed by atoms with Gasteiger partial charge in [0.2, 0.25) is 11.8 Å². The molecule has 2 aliphatic heterocycles. The minimum absolute atomic E-state index is 0.0572. The highest BCUT2D eigenvalue weighted by Gasteiger charge is 2.37. The number of hydrogen-bond donors (Lipinski definition) is 0. The Bertz CT molecular complexity index is 650. The van der Waals surface area contributed by atoms with E-state index in [0.717, 1.165) is 70.4 Å². The van der Waals surface area contributed by atoms with Crippen LogP contribution in [0.25, 0.3) is 0 Å². The van der Waals surface area contributed by atoms with Gasteiger partial charge in [-0.3, -0.25) is 14.5 Å². The zero-order chi connectivity index (χ0) is 18.8. The largest absolute Gasteiger partial charge is 0.364 e. The van der Waals surface area contributed by atoms with Gasteiger partial charge in [-0.05, 0) is 45.1 Å². The van der Waals surface area contributed by atoms with Gasteiger partial charge in [-0.2, -0.15) is 0 Å². The van der Waals surface area contributed by atoms with Crippen molar-refractivity contribution in [1.29, 1.82) is 0 Å². The third-order valence-corrected chi connectivity index (χ3v) is 6.29. The van der Waals surface area contributed by atoms with Gasteiger partial charge in [-0.1, -0.05) is 5.16 Å². The standard InChI is InChI=1S/C20H30N4O3/c1-22(14-17-8-12-27-21-17)19(25)16-3-2-9-24(13-16)18-6-10-23(11-7-18)20(26)15-4-5-15/h8,12,15-16,18H,2-7,9-11,13-14H2,1H3/t16-/m1/s1. The fourth-order valence-corrected chi connectivity index (χ4v) is 4.53. The molecule has 4 rings (SSSR count). The molecule has 7 nitrogen and oxygen atoms in total. The van der Waals surface area contributed by atoms with E-state index in [1.54, 1.807) is 11.0 Å². The lowest BCUT2D eigenvalue weighted by Gasteiger charge is -2.42. The fraction of sp³-hybridized carbons (Fsp3) is 0.750. The van der Waals surface area contributed by atoms with Crippen molar-refractivity contribution in [3.8, 4) is 0 Å². The lowest BCUT2D eigenvalue weighted by molar-refractivity contribution is -0.137. The summed E-state index contributed by atoms with van der Waals surface area (Å²) in [4.78, 5) is 31.4. The predicted molar refractivity (Wildman–Crippen MR) is 99.6 cm³/mol. The highest BCUT2D eigenvalue weighted by Crippen LogP contribution is 2.32. The van der Waals surface area contributed by atoms with Crippen molar-refractivity contribution in [3.05, 3.63) is 18.0 Å². The Kier molecular flexibility index (Phi) is 5.48. The van der Waals surface area contributed by atoms with Gasteiger partial charge in [0, 0.05) is 44.7 Å². The molecule has 27 heavy (non-hydrogen) atoms. The van der Waals surface area contributed by atoms with E-state index < -0.39 is 0 Å². The normalized spacial score (nSPS) is 24.8. The summed E-state index contributed by atoms with van der Waals surface area (Å²) in [6, 6.07) is 2.30. The lowest BCUT2D eigenvalue weighted by atomic mass is 9.92. The van der Waals surface area contributed by atoms with Crippen molar-refractivity contribution in [2.45, 2.75) is 51.1 Å². The molecule has 148 valence electrons. The average molecular weight is 374 g/mol. The molecule has 3 heterocycles. The Morgan fingerprint density at radius 2 is 1.93 bits per heavy atom. The number of carbonyl (C=O) groups is 2. The van der Waals surface area contributed by atoms with Gasteiger partial charge in [0.1, 0.15) is 12.0 Å². The minimum atomic E-state index is 0.0572. The number of hydrogen-bond acceptors (Lipinski definition) is 5. The van der Waals surface area contributed by atoms with Crippen LogP contribution < -0.4 is 0 Å². The first kappa shape index (κ1) is 18.5. The molecule has 1 saturated carbocycles. The van der Waals surface area contributed by atoms with Crippen molar-refractivity contribution in [1.82, 2.24) is 19.9 Å². The topological polar surface area (TPSA) is 69.9 Å². The van der Waals surface area contributed by atoms with Gasteiger partial charge in [0.25, 0.3) is 0 Å². The predicted octanol–water partition coefficient (Wildman–Crippen LogP) is 1.75. The Morgan fingerprint density at radius 3 is 2.59 bits per heavy atom. The van der Waals surface area contributed by atoms with E-state index in [-0.39, 0.29) is 11.8 Å². The molecule has 3 aliphatic rings. The molecule has 1 aromatic rings. The van der Waals surface area contributed by atoms with Gasteiger partial charge in [-0.15, -0.1) is 0 Å². The summed E-state index contributed by atoms with van der Waals surface area (Å²) in [6.45, 7) is 4.15. The molecule has 0 N–H and O–H groups in total. The maximum atomic E-state index is 12.9. The number of nitrogens with zero attached hydrogens (tertiary/aromatic N) is 4. The van der Waals surface area contributed by atoms with Gasteiger partial charge in [0.15, 0.2) is 0 Å². The van der Waals surface area contributed by atoms with Crippen molar-refractivity contribution >= 4 is 11.8 Å². The number of rotatable bonds is 5. The molecule has 2 amide bonds. The quantitative estimate of drug-likeness (QED) is 0.785. The Morgan fingerprint density at radius 1 is 1.15 bits per heavy atom. The van der Waals surface area contributed by atoms with Crippen molar-refractivity contribution in [3.63, 3.8) is 0 Å². The second-order valence-electron chi connectivity index (χ2n) is 8.35. The van der Waals surface area contributed by atoms with Crippen LogP contribution in [0.2, 0.25) is 0 Å². The average Bonchev–Trinajstić information content (AvgIpc) is 3.44. The van der Waals surface area contributed by atoms with E-state index in [1.807, 2.05) is 7.05 Å². The van der Waals surface area contributed by atoms with Crippen LogP contribution in [-0.4, -0.2) is 70.9 Å². The maximum absolute atomic E-state index is 12.9. The molecule has 1 aromatic heterocycles. The number of amides is 2. The van der Waals surface area contributed by atoms with Crippen LogP contribution >= 0.6 is 0 Å². The fourth-order valence-electron chi connectivity index (χ4n) is 4.53. The third-order valence-electron chi connectivity index (χ3n) is 6.29. The van der Waals surface area contributed by atoms with Gasteiger partial charge in [-0.25, -0.2) is 0 Å². The summed E-state index contributed by atoms with van der Waals surface area (Å²) in [7, 11) is 1.85. The zero-order valence-electron chi connectivity index (χ0n) is 16.2. The summed E-state index contributed by atoms with van der Waals surface area (Å²) >= 11 is 0. The molecule has 0 unspecified atom stereocenters. The van der Waals surface area contributed by atoms with Gasteiger partial charge < -0.3 is 14.3 Å². The molecular weight excluding hydrogens is 344 g/mol. The molecule has 1 aliphatic carbocycles. The number of carbonyl (C=O) groups excluding carboxylic acids is 2. The van der Waals surface area contributed by atoms with Crippen LogP contribution in [0.5, 0.6) is 0 Å². The summed E-state index contributed by atoms with van der Waals surface area (Å²) in [5.41, 5.74) is 0.784. The molecule has 0 aromatic carbocycles. The van der Waals surface area contributed by atoms with E-state index in [2.05, 4.69) is 15.0 Å². The number of likely N-dealkylation sites (tertiary alicyclic amines) is 2. The number of piperidine rings is 2. The summed E-state index contributed by atoms with van der Waals surface area (Å²) in [5.74, 6) is 0.944. The van der Waals surface area contributed by atoms with Gasteiger partial charge >= 0.3 is 0 Å². The van der Waals surface area contributed by atoms with Crippen LogP contribution in [-0.2, 0) is 16.1 Å². The molecule has 0 bridgehead atoms. The van der Waals surface area contributed by atoms with Crippen LogP contribution in [0.1, 0.15) is 44.2 Å². The van der Waals surface area contributed by atoms with Crippen LogP contribution in [0, 0.1) is 11.8 Å². The Balaban J connectivity index is 1.27. The molecular formula is C20H30N4O3. The van der Waals surface area contributed by atoms with Crippen molar-refractivity contribution < 1.29 is 14.1 Å². The summed E-state index contributed by atoms with van der Waals surface area (Å²) in [5, 5.41) is 3.90. The smallest absolute Gasteiger partial charge is 0.227 e. The second-order valence-corrected chi connectivity index (χ2v) is 8.35. The first-order chi connectivity index (χ1) is 13.1. The molecule has 1 atom stereocenters. The van der Waals surface area contributed by atoms with Crippen molar-refractivity contribution in [2.24, 2.45) is 11.8 Å². The highest BCUT2D eigenvalue weighted by molar-refractivity contribution is 5.81. The first-order valence-corrected chi connectivity index (χ1v) is 10.3. The van der Waals surface area contributed by atoms with E-state index in [4.69, 9.17) is 4.52 Å². The number of aromatic nitrogens is 1. The highest BCUT2D eigenvalue weighted by atomic mass is 16.5. The Labute approximate surface area is 160 Å². The maximum Gasteiger partial charge on any atom is 0.227 e. The molecule has 2 saturated heterocycles. The van der Waals surface area contributed by atoms with Crippen molar-refractivity contribution in [2.75, 3.05) is 33.2 Å². The lowest BCUT2D eigenvalue weighted by Crippen LogP contribution is -2.51. The van der Waals surface area contributed by atoms with E-state index in [9.17, 15) is 9.59 Å². The monoisotopic (exact) mass is 374 g/mol. The molecule has 0 radical (unpaired) electrons. The zero-order valence-corrected chi connectivity index (χ0v) is 16.2. The minimum Gasteiger partial charge on any atom is -0.364 e. The Hall–Kier alpha value is -1.89. The summed E-state index contributed by atoms with van der Waals surface area (Å²) in [6.07, 6.45) is 7.79. The van der Waals surface area contributed by atoms with E-state index >= 15 is 0 Å². The van der Waals surface area contributed by atoms with Gasteiger partial charge in [0.05, 0.1) is 12.5 Å². The van der Waals surface area contributed by atoms with E-state index in [0.29, 0.717) is 24.4 Å². The molecule has 7 heteroatoms. The molecule has 0 spiro atoms. The van der Waals surface area contributed by atoms with Crippen LogP contribution in [0.3, 0.4) is 0 Å². The third kappa shape index (κ3) is 4.34. The SMILES string of the molecule is CN(Cc1ccon1)C(=O)[C@@H]1CCCN(C2CCN(C(=O)C3CC3)CC2)C1. The van der Waals surface area contributed by atoms with E-state index in [1.165, 1.54) is 6.26 Å².